The van der Waals surface area contributed by atoms with E-state index in [1.165, 1.54) is 0 Å². The number of hydrogen-bond acceptors (Lipinski definition) is 4. The smallest absolute Gasteiger partial charge is 0.266 e. The fourth-order valence-electron chi connectivity index (χ4n) is 2.98. The van der Waals surface area contributed by atoms with Gasteiger partial charge in [-0.3, -0.25) is 4.79 Å². The van der Waals surface area contributed by atoms with Crippen LogP contribution in [0.1, 0.15) is 23.6 Å². The Morgan fingerprint density at radius 2 is 2.19 bits per heavy atom. The fourth-order valence-corrected chi connectivity index (χ4v) is 2.98. The lowest BCUT2D eigenvalue weighted by Crippen LogP contribution is -2.13. The van der Waals surface area contributed by atoms with Crippen molar-refractivity contribution in [3.05, 3.63) is 58.7 Å². The molecule has 1 aliphatic rings. The first-order valence-electron chi connectivity index (χ1n) is 8.37. The molecule has 26 heavy (non-hydrogen) atoms. The molecule has 0 aliphatic carbocycles. The highest BCUT2D eigenvalue weighted by atomic mass is 16.5. The molecule has 1 N–H and O–H groups in total. The Balaban J connectivity index is 1.93. The Bertz CT molecular complexity index is 925. The number of benzene rings is 2. The van der Waals surface area contributed by atoms with Crippen molar-refractivity contribution < 1.29 is 14.3 Å². The summed E-state index contributed by atoms with van der Waals surface area (Å²) in [4.78, 5) is 12.5. The van der Waals surface area contributed by atoms with Crippen LogP contribution in [0.15, 0.2) is 42.0 Å². The van der Waals surface area contributed by atoms with Crippen molar-refractivity contribution in [3.63, 3.8) is 0 Å². The maximum absolute atomic E-state index is 12.5. The fraction of sp³-hybridized carbons (Fsp3) is 0.238. The van der Waals surface area contributed by atoms with E-state index in [0.29, 0.717) is 22.7 Å². The molecule has 0 radical (unpaired) electrons. The van der Waals surface area contributed by atoms with E-state index in [1.54, 1.807) is 25.3 Å². The molecule has 1 aliphatic heterocycles. The molecule has 0 saturated heterocycles. The molecule has 1 atom stereocenters. The Hall–Kier alpha value is -3.26. The summed E-state index contributed by atoms with van der Waals surface area (Å²) < 4.78 is 11.2. The summed E-state index contributed by atoms with van der Waals surface area (Å²) in [6.07, 6.45) is 2.37. The average molecular weight is 348 g/mol. The molecular weight excluding hydrogens is 328 g/mol. The van der Waals surface area contributed by atoms with Crippen LogP contribution in [-0.4, -0.2) is 19.1 Å². The number of nitrogens with one attached hydrogen (secondary N) is 1. The van der Waals surface area contributed by atoms with Crippen LogP contribution in [0.3, 0.4) is 0 Å². The molecule has 2 aromatic carbocycles. The molecule has 0 aromatic heterocycles. The minimum Gasteiger partial charge on any atom is -0.497 e. The van der Waals surface area contributed by atoms with Gasteiger partial charge in [0.2, 0.25) is 0 Å². The lowest BCUT2D eigenvalue weighted by Gasteiger charge is -2.10. The molecular formula is C21H20N2O3. The summed E-state index contributed by atoms with van der Waals surface area (Å²) in [6, 6.07) is 13.1. The molecule has 0 saturated carbocycles. The van der Waals surface area contributed by atoms with Crippen LogP contribution in [-0.2, 0) is 11.2 Å². The highest BCUT2D eigenvalue weighted by Crippen LogP contribution is 2.37. The van der Waals surface area contributed by atoms with Crippen LogP contribution in [0, 0.1) is 18.3 Å². The van der Waals surface area contributed by atoms with Crippen LogP contribution < -0.4 is 14.8 Å². The molecule has 2 aromatic rings. The third kappa shape index (κ3) is 3.70. The van der Waals surface area contributed by atoms with Gasteiger partial charge in [0.25, 0.3) is 5.91 Å². The van der Waals surface area contributed by atoms with E-state index in [-0.39, 0.29) is 11.7 Å². The highest BCUT2D eigenvalue weighted by molar-refractivity contribution is 6.09. The minimum atomic E-state index is -0.458. The van der Waals surface area contributed by atoms with Gasteiger partial charge in [0.15, 0.2) is 0 Å². The van der Waals surface area contributed by atoms with Gasteiger partial charge in [-0.1, -0.05) is 12.1 Å². The third-order valence-corrected chi connectivity index (χ3v) is 4.17. The molecule has 132 valence electrons. The topological polar surface area (TPSA) is 71.3 Å². The number of ether oxygens (including phenoxy) is 2. The van der Waals surface area contributed by atoms with Gasteiger partial charge in [-0.15, -0.1) is 0 Å². The van der Waals surface area contributed by atoms with Crippen LogP contribution in [0.4, 0.5) is 5.69 Å². The predicted octanol–water partition coefficient (Wildman–Crippen LogP) is 3.87. The lowest BCUT2D eigenvalue weighted by atomic mass is 10.0. The first-order chi connectivity index (χ1) is 12.5. The zero-order chi connectivity index (χ0) is 18.7. The number of fused-ring (bicyclic) bond motifs is 1. The maximum Gasteiger partial charge on any atom is 0.266 e. The van der Waals surface area contributed by atoms with E-state index in [2.05, 4.69) is 5.32 Å². The van der Waals surface area contributed by atoms with E-state index >= 15 is 0 Å². The molecule has 3 rings (SSSR count). The molecule has 0 spiro atoms. The van der Waals surface area contributed by atoms with E-state index in [0.717, 1.165) is 17.5 Å². The third-order valence-electron chi connectivity index (χ3n) is 4.17. The largest absolute Gasteiger partial charge is 0.497 e. The summed E-state index contributed by atoms with van der Waals surface area (Å²) in [6.45, 7) is 3.92. The van der Waals surface area contributed by atoms with Crippen molar-refractivity contribution in [3.8, 4) is 17.6 Å². The van der Waals surface area contributed by atoms with Crippen molar-refractivity contribution in [2.45, 2.75) is 26.4 Å². The normalized spacial score (nSPS) is 15.6. The van der Waals surface area contributed by atoms with Crippen LogP contribution in [0.2, 0.25) is 0 Å². The van der Waals surface area contributed by atoms with Gasteiger partial charge in [0.1, 0.15) is 29.2 Å². The first kappa shape index (κ1) is 17.6. The number of carbonyl (C=O) groups excluding carboxylic acids is 1. The number of nitriles is 1. The van der Waals surface area contributed by atoms with E-state index in [9.17, 15) is 10.1 Å². The zero-order valence-corrected chi connectivity index (χ0v) is 15.0. The Morgan fingerprint density at radius 1 is 1.38 bits per heavy atom. The quantitative estimate of drug-likeness (QED) is 0.672. The Morgan fingerprint density at radius 3 is 2.88 bits per heavy atom. The lowest BCUT2D eigenvalue weighted by molar-refractivity contribution is -0.112. The number of methoxy groups -OCH3 is 1. The van der Waals surface area contributed by atoms with Crippen LogP contribution in [0.25, 0.3) is 6.08 Å². The number of hydrogen-bond donors (Lipinski definition) is 1. The standard InChI is InChI=1S/C21H20N2O3/c1-13-5-4-6-18(7-13)23-21(24)17(12-22)9-16-11-19(25-3)10-15-8-14(2)26-20(15)16/h4-7,9-11,14H,8H2,1-3H3,(H,23,24)/b17-9+/t14-/m1/s1. The van der Waals surface area contributed by atoms with Crippen molar-refractivity contribution in [2.75, 3.05) is 12.4 Å². The van der Waals surface area contributed by atoms with Gasteiger partial charge in [0, 0.05) is 23.2 Å². The number of carbonyl (C=O) groups is 1. The molecule has 0 bridgehead atoms. The van der Waals surface area contributed by atoms with Gasteiger partial charge >= 0.3 is 0 Å². The monoisotopic (exact) mass is 348 g/mol. The second kappa shape index (κ2) is 7.32. The minimum absolute atomic E-state index is 0.00473. The molecule has 1 heterocycles. The summed E-state index contributed by atoms with van der Waals surface area (Å²) in [5, 5.41) is 12.2. The van der Waals surface area contributed by atoms with E-state index < -0.39 is 5.91 Å². The summed E-state index contributed by atoms with van der Waals surface area (Å²) in [7, 11) is 1.59. The maximum atomic E-state index is 12.5. The average Bonchev–Trinajstić information content (AvgIpc) is 2.99. The van der Waals surface area contributed by atoms with Gasteiger partial charge in [-0.05, 0) is 49.8 Å². The van der Waals surface area contributed by atoms with Gasteiger partial charge in [-0.25, -0.2) is 0 Å². The van der Waals surface area contributed by atoms with Crippen molar-refractivity contribution in [1.29, 1.82) is 5.26 Å². The summed E-state index contributed by atoms with van der Waals surface area (Å²) in [5.74, 6) is 0.916. The van der Waals surface area contributed by atoms with Crippen molar-refractivity contribution >= 4 is 17.7 Å². The summed E-state index contributed by atoms with van der Waals surface area (Å²) >= 11 is 0. The van der Waals surface area contributed by atoms with E-state index in [1.807, 2.05) is 44.2 Å². The number of aryl methyl sites for hydroxylation is 1. The predicted molar refractivity (Wildman–Crippen MR) is 100 cm³/mol. The van der Waals surface area contributed by atoms with Gasteiger partial charge in [-0.2, -0.15) is 5.26 Å². The number of anilines is 1. The second-order valence-electron chi connectivity index (χ2n) is 6.33. The molecule has 0 fully saturated rings. The van der Waals surface area contributed by atoms with Gasteiger partial charge in [0.05, 0.1) is 7.11 Å². The van der Waals surface area contributed by atoms with E-state index in [4.69, 9.17) is 9.47 Å². The molecule has 0 unspecified atom stereocenters. The molecule has 5 nitrogen and oxygen atoms in total. The van der Waals surface area contributed by atoms with Crippen molar-refractivity contribution in [1.82, 2.24) is 0 Å². The Kier molecular flexibility index (Phi) is 4.94. The molecule has 5 heteroatoms. The number of amides is 1. The molecule has 1 amide bonds. The van der Waals surface area contributed by atoms with Crippen LogP contribution in [0.5, 0.6) is 11.5 Å². The first-order valence-corrected chi connectivity index (χ1v) is 8.37. The van der Waals surface area contributed by atoms with Crippen molar-refractivity contribution in [2.24, 2.45) is 0 Å². The van der Waals surface area contributed by atoms with Gasteiger partial charge < -0.3 is 14.8 Å². The highest BCUT2D eigenvalue weighted by Gasteiger charge is 2.23. The number of nitrogens with zero attached hydrogens (tertiary/aromatic N) is 1. The Labute approximate surface area is 152 Å². The SMILES string of the molecule is COc1cc(/C=C(\C#N)C(=O)Nc2cccc(C)c2)c2c(c1)C[C@@H](C)O2. The van der Waals surface area contributed by atoms with Crippen LogP contribution >= 0.6 is 0 Å². The second-order valence-corrected chi connectivity index (χ2v) is 6.33. The summed E-state index contributed by atoms with van der Waals surface area (Å²) in [5.41, 5.74) is 3.36. The zero-order valence-electron chi connectivity index (χ0n) is 15.0. The number of rotatable bonds is 4.